The van der Waals surface area contributed by atoms with Crippen LogP contribution in [-0.2, 0) is 6.54 Å². The van der Waals surface area contributed by atoms with Crippen molar-refractivity contribution < 1.29 is 4.79 Å². The Bertz CT molecular complexity index is 675. The second-order valence-corrected chi connectivity index (χ2v) is 6.71. The third-order valence-electron chi connectivity index (χ3n) is 4.11. The molecule has 3 heterocycles. The first kappa shape index (κ1) is 15.2. The minimum atomic E-state index is 0.0833. The number of nitrogens with zero attached hydrogens (tertiary/aromatic N) is 4. The first-order valence-corrected chi connectivity index (χ1v) is 8.75. The van der Waals surface area contributed by atoms with Gasteiger partial charge in [0.15, 0.2) is 0 Å². The van der Waals surface area contributed by atoms with E-state index in [0.717, 1.165) is 42.2 Å². The van der Waals surface area contributed by atoms with Crippen LogP contribution in [0.2, 0.25) is 0 Å². The maximum atomic E-state index is 13.0. The third-order valence-corrected chi connectivity index (χ3v) is 5.17. The molecular formula is C16H22N4OS. The molecule has 2 aromatic rings. The summed E-state index contributed by atoms with van der Waals surface area (Å²) in [4.78, 5) is 19.6. The van der Waals surface area contributed by atoms with Crippen LogP contribution in [0.15, 0.2) is 11.4 Å². The van der Waals surface area contributed by atoms with Gasteiger partial charge in [0.1, 0.15) is 10.7 Å². The number of aryl methyl sites for hydroxylation is 3. The number of likely N-dealkylation sites (tertiary alicyclic amines) is 1. The van der Waals surface area contributed by atoms with Gasteiger partial charge >= 0.3 is 0 Å². The molecule has 5 nitrogen and oxygen atoms in total. The lowest BCUT2D eigenvalue weighted by Crippen LogP contribution is -2.39. The number of aromatic nitrogens is 3. The lowest BCUT2D eigenvalue weighted by molar-refractivity contribution is 0.0598. The monoisotopic (exact) mass is 318 g/mol. The maximum absolute atomic E-state index is 13.0. The Balaban J connectivity index is 1.91. The fraction of sp³-hybridized carbons (Fsp3) is 0.562. The molecule has 1 saturated heterocycles. The Morgan fingerprint density at radius 1 is 1.36 bits per heavy atom. The van der Waals surface area contributed by atoms with Crippen molar-refractivity contribution in [2.24, 2.45) is 0 Å². The molecule has 118 valence electrons. The maximum Gasteiger partial charge on any atom is 0.272 e. The van der Waals surface area contributed by atoms with Gasteiger partial charge in [-0.25, -0.2) is 4.98 Å². The molecule has 1 amide bonds. The van der Waals surface area contributed by atoms with Gasteiger partial charge in [0.25, 0.3) is 5.91 Å². The summed E-state index contributed by atoms with van der Waals surface area (Å²) in [6, 6.07) is 2.00. The number of carbonyl (C=O) groups excluding carboxylic acids is 1. The normalized spacial score (nSPS) is 18.7. The molecule has 0 spiro atoms. The highest BCUT2D eigenvalue weighted by molar-refractivity contribution is 7.09. The van der Waals surface area contributed by atoms with E-state index in [1.807, 2.05) is 31.7 Å². The SMILES string of the molecule is CCn1nc(C)cc1C(=O)N1CCCCC1c1nc(C)cs1. The van der Waals surface area contributed by atoms with Crippen LogP contribution in [0, 0.1) is 13.8 Å². The number of hydrogen-bond acceptors (Lipinski definition) is 4. The zero-order valence-corrected chi connectivity index (χ0v) is 14.2. The first-order chi connectivity index (χ1) is 10.6. The lowest BCUT2D eigenvalue weighted by Gasteiger charge is -2.34. The Morgan fingerprint density at radius 3 is 2.86 bits per heavy atom. The number of carbonyl (C=O) groups is 1. The van der Waals surface area contributed by atoms with E-state index in [9.17, 15) is 4.79 Å². The van der Waals surface area contributed by atoms with Gasteiger partial charge in [-0.15, -0.1) is 11.3 Å². The fourth-order valence-electron chi connectivity index (χ4n) is 3.06. The number of piperidine rings is 1. The largest absolute Gasteiger partial charge is 0.328 e. The summed E-state index contributed by atoms with van der Waals surface area (Å²) < 4.78 is 1.80. The average molecular weight is 318 g/mol. The number of thiazole rings is 1. The van der Waals surface area contributed by atoms with Gasteiger partial charge in [0, 0.05) is 24.2 Å². The molecule has 6 heteroatoms. The molecule has 3 rings (SSSR count). The molecule has 2 aromatic heterocycles. The quantitative estimate of drug-likeness (QED) is 0.872. The van der Waals surface area contributed by atoms with Crippen molar-refractivity contribution in [3.8, 4) is 0 Å². The van der Waals surface area contributed by atoms with E-state index in [0.29, 0.717) is 12.2 Å². The molecule has 1 atom stereocenters. The third kappa shape index (κ3) is 2.79. The fourth-order valence-corrected chi connectivity index (χ4v) is 4.01. The van der Waals surface area contributed by atoms with Crippen molar-refractivity contribution in [2.45, 2.75) is 52.6 Å². The Hall–Kier alpha value is -1.69. The van der Waals surface area contributed by atoms with Crippen molar-refractivity contribution in [2.75, 3.05) is 6.54 Å². The zero-order valence-electron chi connectivity index (χ0n) is 13.4. The van der Waals surface area contributed by atoms with Gasteiger partial charge in [-0.1, -0.05) is 0 Å². The van der Waals surface area contributed by atoms with Crippen LogP contribution >= 0.6 is 11.3 Å². The first-order valence-electron chi connectivity index (χ1n) is 7.87. The summed E-state index contributed by atoms with van der Waals surface area (Å²) in [6.45, 7) is 7.46. The standard InChI is InChI=1S/C16H22N4OS/c1-4-20-14(9-11(2)18-20)16(21)19-8-6-5-7-13(19)15-17-12(3)10-22-15/h9-10,13H,4-8H2,1-3H3. The molecule has 0 aliphatic carbocycles. The Morgan fingerprint density at radius 2 is 2.18 bits per heavy atom. The van der Waals surface area contributed by atoms with E-state index in [1.54, 1.807) is 16.0 Å². The van der Waals surface area contributed by atoms with Crippen molar-refractivity contribution in [1.82, 2.24) is 19.7 Å². The second kappa shape index (κ2) is 6.20. The average Bonchev–Trinajstić information content (AvgIpc) is 3.12. The van der Waals surface area contributed by atoms with Gasteiger partial charge < -0.3 is 4.90 Å². The number of rotatable bonds is 3. The van der Waals surface area contributed by atoms with Crippen LogP contribution in [0.1, 0.15) is 59.1 Å². The summed E-state index contributed by atoms with van der Waals surface area (Å²) in [5.41, 5.74) is 2.62. The van der Waals surface area contributed by atoms with Crippen LogP contribution < -0.4 is 0 Å². The van der Waals surface area contributed by atoms with Crippen LogP contribution in [0.3, 0.4) is 0 Å². The summed E-state index contributed by atoms with van der Waals surface area (Å²) >= 11 is 1.66. The van der Waals surface area contributed by atoms with E-state index in [-0.39, 0.29) is 11.9 Å². The highest BCUT2D eigenvalue weighted by atomic mass is 32.1. The van der Waals surface area contributed by atoms with Crippen molar-refractivity contribution in [1.29, 1.82) is 0 Å². The molecule has 1 fully saturated rings. The molecule has 0 saturated carbocycles. The van der Waals surface area contributed by atoms with Crippen LogP contribution in [-0.4, -0.2) is 32.1 Å². The van der Waals surface area contributed by atoms with E-state index < -0.39 is 0 Å². The lowest BCUT2D eigenvalue weighted by atomic mass is 10.0. The predicted octanol–water partition coefficient (Wildman–Crippen LogP) is 3.34. The van der Waals surface area contributed by atoms with Gasteiger partial charge in [-0.2, -0.15) is 5.10 Å². The van der Waals surface area contributed by atoms with E-state index in [1.165, 1.54) is 0 Å². The second-order valence-electron chi connectivity index (χ2n) is 5.82. The smallest absolute Gasteiger partial charge is 0.272 e. The topological polar surface area (TPSA) is 51.0 Å². The molecule has 0 bridgehead atoms. The van der Waals surface area contributed by atoms with E-state index in [2.05, 4.69) is 15.5 Å². The molecule has 1 aliphatic heterocycles. The number of hydrogen-bond donors (Lipinski definition) is 0. The van der Waals surface area contributed by atoms with Gasteiger partial charge in [0.05, 0.1) is 11.7 Å². The van der Waals surface area contributed by atoms with Gasteiger partial charge in [0.2, 0.25) is 0 Å². The molecule has 0 radical (unpaired) electrons. The van der Waals surface area contributed by atoms with Gasteiger partial charge in [-0.05, 0) is 46.1 Å². The van der Waals surface area contributed by atoms with Crippen molar-refractivity contribution >= 4 is 17.2 Å². The summed E-state index contributed by atoms with van der Waals surface area (Å²) in [5, 5.41) is 7.53. The summed E-state index contributed by atoms with van der Waals surface area (Å²) in [7, 11) is 0. The van der Waals surface area contributed by atoms with Gasteiger partial charge in [-0.3, -0.25) is 9.48 Å². The Labute approximate surface area is 135 Å². The molecule has 0 N–H and O–H groups in total. The minimum absolute atomic E-state index is 0.0833. The van der Waals surface area contributed by atoms with Crippen LogP contribution in [0.25, 0.3) is 0 Å². The highest BCUT2D eigenvalue weighted by Gasteiger charge is 2.32. The highest BCUT2D eigenvalue weighted by Crippen LogP contribution is 2.33. The van der Waals surface area contributed by atoms with Crippen molar-refractivity contribution in [3.63, 3.8) is 0 Å². The van der Waals surface area contributed by atoms with Crippen molar-refractivity contribution in [3.05, 3.63) is 33.5 Å². The Kier molecular flexibility index (Phi) is 4.29. The summed E-state index contributed by atoms with van der Waals surface area (Å²) in [6.07, 6.45) is 3.21. The van der Waals surface area contributed by atoms with Crippen LogP contribution in [0.5, 0.6) is 0 Å². The molecule has 0 aromatic carbocycles. The molecular weight excluding hydrogens is 296 g/mol. The molecule has 1 unspecified atom stereocenters. The minimum Gasteiger partial charge on any atom is -0.328 e. The number of amides is 1. The van der Waals surface area contributed by atoms with E-state index in [4.69, 9.17) is 0 Å². The predicted molar refractivity (Wildman–Crippen MR) is 87.1 cm³/mol. The zero-order chi connectivity index (χ0) is 15.7. The summed E-state index contributed by atoms with van der Waals surface area (Å²) in [5.74, 6) is 0.0833. The van der Waals surface area contributed by atoms with Crippen LogP contribution in [0.4, 0.5) is 0 Å². The molecule has 22 heavy (non-hydrogen) atoms. The molecule has 1 aliphatic rings. The van der Waals surface area contributed by atoms with E-state index >= 15 is 0 Å².